The minimum atomic E-state index is 0.153. The number of halogens is 1. The second-order valence-electron chi connectivity index (χ2n) is 6.51. The Bertz CT molecular complexity index is 453. The van der Waals surface area contributed by atoms with E-state index in [9.17, 15) is 4.79 Å². The maximum Gasteiger partial charge on any atom is 0.183 e. The molecule has 0 unspecified atom stereocenters. The zero-order valence-corrected chi connectivity index (χ0v) is 14.3. The average Bonchev–Trinajstić information content (AvgIpc) is 2.55. The molecule has 0 radical (unpaired) electrons. The summed E-state index contributed by atoms with van der Waals surface area (Å²) in [7, 11) is 0. The SMILES string of the molecule is CCCc1ccc(C(=O)CC2CCC(CCCCl)CC2)nn1. The quantitative estimate of drug-likeness (QED) is 0.508. The third-order valence-corrected chi connectivity index (χ3v) is 4.97. The summed E-state index contributed by atoms with van der Waals surface area (Å²) in [6.07, 6.45) is 9.79. The molecule has 0 saturated heterocycles. The van der Waals surface area contributed by atoms with Gasteiger partial charge in [-0.25, -0.2) is 0 Å². The van der Waals surface area contributed by atoms with Crippen molar-refractivity contribution >= 4 is 17.4 Å². The summed E-state index contributed by atoms with van der Waals surface area (Å²) in [6, 6.07) is 3.78. The van der Waals surface area contributed by atoms with E-state index in [-0.39, 0.29) is 5.78 Å². The molecule has 122 valence electrons. The van der Waals surface area contributed by atoms with E-state index in [4.69, 9.17) is 11.6 Å². The second kappa shape index (κ2) is 9.24. The Labute approximate surface area is 138 Å². The Morgan fingerprint density at radius 3 is 2.50 bits per heavy atom. The molecule has 0 aromatic carbocycles. The third-order valence-electron chi connectivity index (χ3n) is 4.70. The summed E-state index contributed by atoms with van der Waals surface area (Å²) >= 11 is 5.76. The topological polar surface area (TPSA) is 42.9 Å². The van der Waals surface area contributed by atoms with Gasteiger partial charge in [0.2, 0.25) is 0 Å². The van der Waals surface area contributed by atoms with Crippen LogP contribution in [0, 0.1) is 11.8 Å². The van der Waals surface area contributed by atoms with Gasteiger partial charge in [0.05, 0.1) is 5.69 Å². The van der Waals surface area contributed by atoms with Gasteiger partial charge in [0, 0.05) is 12.3 Å². The lowest BCUT2D eigenvalue weighted by Gasteiger charge is -2.27. The highest BCUT2D eigenvalue weighted by Gasteiger charge is 2.23. The Balaban J connectivity index is 1.78. The van der Waals surface area contributed by atoms with Crippen LogP contribution < -0.4 is 0 Å². The molecule has 1 aliphatic rings. The third kappa shape index (κ3) is 5.35. The number of carbonyl (C=O) groups excluding carboxylic acids is 1. The molecule has 1 aromatic rings. The molecule has 0 atom stereocenters. The Hall–Kier alpha value is -0.960. The number of aromatic nitrogens is 2. The van der Waals surface area contributed by atoms with Gasteiger partial charge < -0.3 is 0 Å². The smallest absolute Gasteiger partial charge is 0.183 e. The van der Waals surface area contributed by atoms with Crippen molar-refractivity contribution in [2.75, 3.05) is 5.88 Å². The van der Waals surface area contributed by atoms with Crippen LogP contribution in [0.3, 0.4) is 0 Å². The fourth-order valence-corrected chi connectivity index (χ4v) is 3.51. The molecule has 0 aliphatic heterocycles. The lowest BCUT2D eigenvalue weighted by atomic mass is 9.78. The van der Waals surface area contributed by atoms with Crippen LogP contribution in [0.1, 0.15) is 74.5 Å². The second-order valence-corrected chi connectivity index (χ2v) is 6.88. The van der Waals surface area contributed by atoms with Crippen LogP contribution in [0.15, 0.2) is 12.1 Å². The highest BCUT2D eigenvalue weighted by molar-refractivity contribution is 6.17. The van der Waals surface area contributed by atoms with Gasteiger partial charge >= 0.3 is 0 Å². The fourth-order valence-electron chi connectivity index (χ4n) is 3.35. The largest absolute Gasteiger partial charge is 0.292 e. The van der Waals surface area contributed by atoms with Crippen molar-refractivity contribution in [1.29, 1.82) is 0 Å². The van der Waals surface area contributed by atoms with Crippen LogP contribution >= 0.6 is 11.6 Å². The van der Waals surface area contributed by atoms with E-state index >= 15 is 0 Å². The first-order chi connectivity index (χ1) is 10.7. The maximum atomic E-state index is 12.3. The molecular weight excluding hydrogens is 296 g/mol. The normalized spacial score (nSPS) is 21.7. The van der Waals surface area contributed by atoms with Gasteiger partial charge in [-0.2, -0.15) is 5.10 Å². The van der Waals surface area contributed by atoms with Crippen molar-refractivity contribution in [2.45, 2.75) is 64.7 Å². The predicted molar refractivity (Wildman–Crippen MR) is 90.4 cm³/mol. The molecule has 3 nitrogen and oxygen atoms in total. The molecule has 1 heterocycles. The molecule has 0 amide bonds. The standard InChI is InChI=1S/C18H27ClN2O/c1-2-4-16-10-11-17(21-20-16)18(22)13-15-8-6-14(7-9-15)5-3-12-19/h10-11,14-15H,2-9,12-13H2,1H3. The van der Waals surface area contributed by atoms with E-state index in [0.29, 0.717) is 18.0 Å². The van der Waals surface area contributed by atoms with Crippen molar-refractivity contribution in [1.82, 2.24) is 10.2 Å². The van der Waals surface area contributed by atoms with Crippen LogP contribution in [0.5, 0.6) is 0 Å². The first-order valence-corrected chi connectivity index (χ1v) is 9.18. The van der Waals surface area contributed by atoms with E-state index in [1.807, 2.05) is 12.1 Å². The van der Waals surface area contributed by atoms with Crippen molar-refractivity contribution in [3.8, 4) is 0 Å². The molecule has 0 bridgehead atoms. The molecule has 2 rings (SSSR count). The van der Waals surface area contributed by atoms with Crippen LogP contribution in [0.25, 0.3) is 0 Å². The van der Waals surface area contributed by atoms with E-state index in [2.05, 4.69) is 17.1 Å². The average molecular weight is 323 g/mol. The first-order valence-electron chi connectivity index (χ1n) is 8.64. The number of ketones is 1. The molecule has 1 saturated carbocycles. The van der Waals surface area contributed by atoms with Crippen molar-refractivity contribution in [3.63, 3.8) is 0 Å². The number of alkyl halides is 1. The van der Waals surface area contributed by atoms with Gasteiger partial charge in [-0.05, 0) is 56.1 Å². The van der Waals surface area contributed by atoms with Crippen molar-refractivity contribution < 1.29 is 4.79 Å². The number of hydrogen-bond acceptors (Lipinski definition) is 3. The van der Waals surface area contributed by atoms with Gasteiger partial charge in [0.1, 0.15) is 5.69 Å². The van der Waals surface area contributed by atoms with Gasteiger partial charge in [0.15, 0.2) is 5.78 Å². The van der Waals surface area contributed by atoms with Crippen LogP contribution in [0.4, 0.5) is 0 Å². The summed E-state index contributed by atoms with van der Waals surface area (Å²) in [6.45, 7) is 2.12. The number of aryl methyl sites for hydroxylation is 1. The summed E-state index contributed by atoms with van der Waals surface area (Å²) in [5.74, 6) is 2.26. The van der Waals surface area contributed by atoms with E-state index < -0.39 is 0 Å². The molecule has 22 heavy (non-hydrogen) atoms. The zero-order chi connectivity index (χ0) is 15.8. The summed E-state index contributed by atoms with van der Waals surface area (Å²) in [4.78, 5) is 12.3. The zero-order valence-electron chi connectivity index (χ0n) is 13.6. The highest BCUT2D eigenvalue weighted by Crippen LogP contribution is 2.33. The minimum Gasteiger partial charge on any atom is -0.292 e. The lowest BCUT2D eigenvalue weighted by molar-refractivity contribution is 0.0936. The number of carbonyl (C=O) groups is 1. The van der Waals surface area contributed by atoms with Gasteiger partial charge in [0.25, 0.3) is 0 Å². The van der Waals surface area contributed by atoms with Crippen LogP contribution in [-0.4, -0.2) is 21.9 Å². The fraction of sp³-hybridized carbons (Fsp3) is 0.722. The molecule has 1 aliphatic carbocycles. The Morgan fingerprint density at radius 2 is 1.91 bits per heavy atom. The van der Waals surface area contributed by atoms with Gasteiger partial charge in [-0.15, -0.1) is 16.7 Å². The van der Waals surface area contributed by atoms with Crippen molar-refractivity contribution in [2.24, 2.45) is 11.8 Å². The number of Topliss-reactive ketones (excluding diaryl/α,β-unsaturated/α-hetero) is 1. The Morgan fingerprint density at radius 1 is 1.18 bits per heavy atom. The van der Waals surface area contributed by atoms with Crippen LogP contribution in [-0.2, 0) is 6.42 Å². The van der Waals surface area contributed by atoms with E-state index in [1.165, 1.54) is 32.1 Å². The molecule has 0 N–H and O–H groups in total. The van der Waals surface area contributed by atoms with Gasteiger partial charge in [-0.3, -0.25) is 4.79 Å². The Kier molecular flexibility index (Phi) is 7.31. The first kappa shape index (κ1) is 17.4. The monoisotopic (exact) mass is 322 g/mol. The van der Waals surface area contributed by atoms with Crippen LogP contribution in [0.2, 0.25) is 0 Å². The maximum absolute atomic E-state index is 12.3. The molecular formula is C18H27ClN2O. The number of nitrogens with zero attached hydrogens (tertiary/aromatic N) is 2. The molecule has 4 heteroatoms. The van der Waals surface area contributed by atoms with Crippen molar-refractivity contribution in [3.05, 3.63) is 23.5 Å². The van der Waals surface area contributed by atoms with Gasteiger partial charge in [-0.1, -0.05) is 26.2 Å². The molecule has 1 aromatic heterocycles. The summed E-state index contributed by atoms with van der Waals surface area (Å²) < 4.78 is 0. The summed E-state index contributed by atoms with van der Waals surface area (Å²) in [5.41, 5.74) is 1.50. The minimum absolute atomic E-state index is 0.153. The van der Waals surface area contributed by atoms with E-state index in [1.54, 1.807) is 0 Å². The molecule has 1 fully saturated rings. The summed E-state index contributed by atoms with van der Waals surface area (Å²) in [5, 5.41) is 8.25. The predicted octanol–water partition coefficient (Wildman–Crippen LogP) is 4.83. The van der Waals surface area contributed by atoms with E-state index in [0.717, 1.165) is 36.8 Å². The molecule has 0 spiro atoms. The highest BCUT2D eigenvalue weighted by atomic mass is 35.5. The number of rotatable bonds is 8. The lowest BCUT2D eigenvalue weighted by Crippen LogP contribution is -2.18. The number of hydrogen-bond donors (Lipinski definition) is 0.